The molecule has 0 saturated carbocycles. The second-order valence-corrected chi connectivity index (χ2v) is 9.07. The molecule has 3 aromatic carbocycles. The summed E-state index contributed by atoms with van der Waals surface area (Å²) in [4.78, 5) is 12.8. The average molecular weight is 458 g/mol. The molecule has 3 aromatic rings. The van der Waals surface area contributed by atoms with E-state index in [9.17, 15) is 4.79 Å². The molecule has 1 N–H and O–H groups in total. The Morgan fingerprint density at radius 1 is 0.912 bits per heavy atom. The number of ether oxygens (including phenoxy) is 2. The van der Waals surface area contributed by atoms with Gasteiger partial charge >= 0.3 is 0 Å². The van der Waals surface area contributed by atoms with Gasteiger partial charge in [-0.25, -0.2) is 0 Å². The van der Waals surface area contributed by atoms with Gasteiger partial charge in [-0.3, -0.25) is 4.79 Å². The van der Waals surface area contributed by atoms with E-state index in [1.165, 1.54) is 5.56 Å². The van der Waals surface area contributed by atoms with E-state index < -0.39 is 0 Å². The van der Waals surface area contributed by atoms with Crippen LogP contribution in [0.5, 0.6) is 11.5 Å². The maximum atomic E-state index is 12.8. The van der Waals surface area contributed by atoms with Gasteiger partial charge in [-0.2, -0.15) is 0 Å². The summed E-state index contributed by atoms with van der Waals surface area (Å²) in [7, 11) is 1.62. The first-order valence-electron chi connectivity index (χ1n) is 11.8. The number of benzene rings is 3. The van der Waals surface area contributed by atoms with Gasteiger partial charge in [0.1, 0.15) is 6.61 Å². The number of rotatable bonds is 9. The van der Waals surface area contributed by atoms with Crippen LogP contribution < -0.4 is 14.8 Å². The normalized spacial score (nSPS) is 11.3. The summed E-state index contributed by atoms with van der Waals surface area (Å²) in [6.07, 6.45) is 3.35. The van der Waals surface area contributed by atoms with E-state index in [1.807, 2.05) is 30.3 Å². The zero-order valence-corrected chi connectivity index (χ0v) is 21.0. The number of anilines is 1. The lowest BCUT2D eigenvalue weighted by Gasteiger charge is -2.19. The topological polar surface area (TPSA) is 47.6 Å². The predicted molar refractivity (Wildman–Crippen MR) is 141 cm³/mol. The van der Waals surface area contributed by atoms with Crippen LogP contribution in [0.15, 0.2) is 66.7 Å². The van der Waals surface area contributed by atoms with Crippen LogP contribution in [0.25, 0.3) is 6.08 Å². The Kier molecular flexibility index (Phi) is 8.53. The van der Waals surface area contributed by atoms with Crippen molar-refractivity contribution in [2.24, 2.45) is 0 Å². The molecular formula is C30H35NO3. The molecule has 0 atom stereocenters. The third kappa shape index (κ3) is 6.28. The summed E-state index contributed by atoms with van der Waals surface area (Å²) in [6.45, 7) is 11.1. The number of methoxy groups -OCH3 is 1. The number of carbonyl (C=O) groups is 1. The van der Waals surface area contributed by atoms with Crippen LogP contribution in [-0.2, 0) is 11.4 Å². The van der Waals surface area contributed by atoms with Crippen LogP contribution in [0.1, 0.15) is 67.3 Å². The summed E-state index contributed by atoms with van der Waals surface area (Å²) in [5, 5.41) is 3.11. The lowest BCUT2D eigenvalue weighted by molar-refractivity contribution is -0.111. The van der Waals surface area contributed by atoms with E-state index >= 15 is 0 Å². The Labute approximate surface area is 203 Å². The van der Waals surface area contributed by atoms with Crippen LogP contribution in [0.3, 0.4) is 0 Å². The quantitative estimate of drug-likeness (QED) is 0.339. The van der Waals surface area contributed by atoms with Crippen molar-refractivity contribution in [1.29, 1.82) is 0 Å². The zero-order chi connectivity index (χ0) is 24.7. The number of carbonyl (C=O) groups excluding carboxylic acids is 1. The van der Waals surface area contributed by atoms with E-state index in [1.54, 1.807) is 19.3 Å². The molecule has 0 fully saturated rings. The Hall–Kier alpha value is -3.53. The van der Waals surface area contributed by atoms with E-state index in [-0.39, 0.29) is 5.91 Å². The number of aryl methyl sites for hydroxylation is 1. The highest BCUT2D eigenvalue weighted by Crippen LogP contribution is 2.33. The summed E-state index contributed by atoms with van der Waals surface area (Å²) in [5.41, 5.74) is 6.38. The number of hydrogen-bond acceptors (Lipinski definition) is 3. The van der Waals surface area contributed by atoms with Crippen molar-refractivity contribution < 1.29 is 14.3 Å². The minimum atomic E-state index is -0.158. The molecule has 0 aliphatic carbocycles. The second-order valence-electron chi connectivity index (χ2n) is 9.07. The largest absolute Gasteiger partial charge is 0.493 e. The fourth-order valence-corrected chi connectivity index (χ4v) is 3.87. The molecule has 0 saturated heterocycles. The maximum absolute atomic E-state index is 12.8. The standard InChI is InChI=1S/C30H35NO3/c1-20(2)25-12-9-13-26(21(3)4)30(25)31-29(32)17-15-23-14-16-27(28(18-23)33-6)34-19-24-11-8-7-10-22(24)5/h7-18,20-21H,19H2,1-6H3,(H,31,32)/b17-15+. The molecule has 0 heterocycles. The molecule has 178 valence electrons. The van der Waals surface area contributed by atoms with Crippen LogP contribution in [0, 0.1) is 6.92 Å². The van der Waals surface area contributed by atoms with Crippen molar-refractivity contribution in [2.75, 3.05) is 12.4 Å². The molecule has 0 unspecified atom stereocenters. The van der Waals surface area contributed by atoms with Crippen LogP contribution >= 0.6 is 0 Å². The Morgan fingerprint density at radius 3 is 2.21 bits per heavy atom. The van der Waals surface area contributed by atoms with Gasteiger partial charge in [0.15, 0.2) is 11.5 Å². The minimum Gasteiger partial charge on any atom is -0.493 e. The predicted octanol–water partition coefficient (Wildman–Crippen LogP) is 7.48. The fourth-order valence-electron chi connectivity index (χ4n) is 3.87. The zero-order valence-electron chi connectivity index (χ0n) is 21.0. The van der Waals surface area contributed by atoms with Crippen LogP contribution in [-0.4, -0.2) is 13.0 Å². The number of para-hydroxylation sites is 1. The molecule has 0 aliphatic heterocycles. The molecule has 0 radical (unpaired) electrons. The summed E-state index contributed by atoms with van der Waals surface area (Å²) in [5.74, 6) is 1.76. The van der Waals surface area contributed by atoms with Crippen molar-refractivity contribution in [3.8, 4) is 11.5 Å². The molecule has 0 aromatic heterocycles. The van der Waals surface area contributed by atoms with Gasteiger partial charge in [0.25, 0.3) is 0 Å². The van der Waals surface area contributed by atoms with Gasteiger partial charge in [0, 0.05) is 11.8 Å². The summed E-state index contributed by atoms with van der Waals surface area (Å²) >= 11 is 0. The van der Waals surface area contributed by atoms with E-state index in [4.69, 9.17) is 9.47 Å². The third-order valence-electron chi connectivity index (χ3n) is 5.88. The van der Waals surface area contributed by atoms with Crippen molar-refractivity contribution in [3.63, 3.8) is 0 Å². The molecule has 1 amide bonds. The van der Waals surface area contributed by atoms with Gasteiger partial charge in [0.05, 0.1) is 7.11 Å². The average Bonchev–Trinajstić information content (AvgIpc) is 2.82. The number of hydrogen-bond donors (Lipinski definition) is 1. The highest BCUT2D eigenvalue weighted by molar-refractivity contribution is 6.03. The molecule has 4 nitrogen and oxygen atoms in total. The van der Waals surface area contributed by atoms with Gasteiger partial charge in [-0.1, -0.05) is 76.2 Å². The van der Waals surface area contributed by atoms with E-state index in [0.717, 1.165) is 27.9 Å². The molecule has 34 heavy (non-hydrogen) atoms. The Bertz CT molecular complexity index is 1140. The fraction of sp³-hybridized carbons (Fsp3) is 0.300. The van der Waals surface area contributed by atoms with Gasteiger partial charge < -0.3 is 14.8 Å². The highest BCUT2D eigenvalue weighted by Gasteiger charge is 2.15. The summed E-state index contributed by atoms with van der Waals surface area (Å²) in [6, 6.07) is 20.0. The monoisotopic (exact) mass is 457 g/mol. The smallest absolute Gasteiger partial charge is 0.248 e. The van der Waals surface area contributed by atoms with E-state index in [2.05, 4.69) is 70.3 Å². The van der Waals surface area contributed by atoms with Crippen molar-refractivity contribution in [3.05, 3.63) is 94.6 Å². The van der Waals surface area contributed by atoms with Crippen molar-refractivity contribution in [2.45, 2.75) is 53.1 Å². The summed E-state index contributed by atoms with van der Waals surface area (Å²) < 4.78 is 11.5. The molecule has 3 rings (SSSR count). The molecule has 0 aliphatic rings. The van der Waals surface area contributed by atoms with Crippen molar-refractivity contribution in [1.82, 2.24) is 0 Å². The van der Waals surface area contributed by atoms with Crippen molar-refractivity contribution >= 4 is 17.7 Å². The molecule has 0 bridgehead atoms. The minimum absolute atomic E-state index is 0.158. The third-order valence-corrected chi connectivity index (χ3v) is 5.88. The lowest BCUT2D eigenvalue weighted by atomic mass is 9.92. The van der Waals surface area contributed by atoms with Crippen LogP contribution in [0.4, 0.5) is 5.69 Å². The SMILES string of the molecule is COc1cc(/C=C/C(=O)Nc2c(C(C)C)cccc2C(C)C)ccc1OCc1ccccc1C. The molecular weight excluding hydrogens is 422 g/mol. The van der Waals surface area contributed by atoms with Crippen LogP contribution in [0.2, 0.25) is 0 Å². The first kappa shape index (κ1) is 25.1. The lowest BCUT2D eigenvalue weighted by Crippen LogP contribution is -2.13. The van der Waals surface area contributed by atoms with E-state index in [0.29, 0.717) is 29.9 Å². The Balaban J connectivity index is 1.73. The first-order chi connectivity index (χ1) is 16.3. The van der Waals surface area contributed by atoms with Gasteiger partial charge in [-0.15, -0.1) is 0 Å². The molecule has 4 heteroatoms. The second kappa shape index (κ2) is 11.6. The van der Waals surface area contributed by atoms with Gasteiger partial charge in [0.2, 0.25) is 5.91 Å². The first-order valence-corrected chi connectivity index (χ1v) is 11.8. The maximum Gasteiger partial charge on any atom is 0.248 e. The Morgan fingerprint density at radius 2 is 1.59 bits per heavy atom. The van der Waals surface area contributed by atoms with Gasteiger partial charge in [-0.05, 0) is 64.8 Å². The molecule has 0 spiro atoms. The number of amides is 1. The highest BCUT2D eigenvalue weighted by atomic mass is 16.5. The number of nitrogens with one attached hydrogen (secondary N) is 1.